The number of nitrogens with zero attached hydrogens (tertiary/aromatic N) is 3. The zero-order valence-corrected chi connectivity index (χ0v) is 23.3. The van der Waals surface area contributed by atoms with Gasteiger partial charge in [0, 0.05) is 38.1 Å². The van der Waals surface area contributed by atoms with Crippen molar-refractivity contribution in [3.8, 4) is 0 Å². The minimum absolute atomic E-state index is 0.0455. The highest BCUT2D eigenvalue weighted by Gasteiger charge is 2.21. The van der Waals surface area contributed by atoms with Crippen LogP contribution >= 0.6 is 0 Å². The summed E-state index contributed by atoms with van der Waals surface area (Å²) in [5, 5.41) is 10.6. The minimum atomic E-state index is -0.341. The summed E-state index contributed by atoms with van der Waals surface area (Å²) in [6.07, 6.45) is 11.5. The van der Waals surface area contributed by atoms with Crippen LogP contribution in [0.4, 0.5) is 0 Å². The molecule has 2 heterocycles. The van der Waals surface area contributed by atoms with Gasteiger partial charge in [0.2, 0.25) is 5.91 Å². The molecule has 0 saturated heterocycles. The van der Waals surface area contributed by atoms with E-state index in [2.05, 4.69) is 50.2 Å². The Hall–Kier alpha value is -3.13. The van der Waals surface area contributed by atoms with Crippen molar-refractivity contribution in [2.24, 2.45) is 0 Å². The molecule has 1 saturated carbocycles. The van der Waals surface area contributed by atoms with Crippen molar-refractivity contribution < 1.29 is 4.79 Å². The minimum Gasteiger partial charge on any atom is -0.331 e. The molecule has 4 rings (SSSR count). The number of nitrogens with one attached hydrogen (secondary N) is 3. The van der Waals surface area contributed by atoms with Crippen LogP contribution in [0.1, 0.15) is 68.0 Å². The third-order valence-electron chi connectivity index (χ3n) is 7.37. The fourth-order valence-electron chi connectivity index (χ4n) is 5.06. The lowest BCUT2D eigenvalue weighted by molar-refractivity contribution is -0.134. The van der Waals surface area contributed by atoms with Crippen molar-refractivity contribution in [2.75, 3.05) is 13.1 Å². The molecule has 1 amide bonds. The fourth-order valence-corrected chi connectivity index (χ4v) is 5.06. The van der Waals surface area contributed by atoms with E-state index in [0.29, 0.717) is 19.6 Å². The van der Waals surface area contributed by atoms with Crippen molar-refractivity contribution >= 4 is 5.91 Å². The second kappa shape index (κ2) is 16.1. The molecule has 2 aromatic heterocycles. The number of rotatable bonds is 15. The molecule has 1 aliphatic carbocycles. The Morgan fingerprint density at radius 3 is 2.23 bits per heavy atom. The summed E-state index contributed by atoms with van der Waals surface area (Å²) in [7, 11) is 0. The fraction of sp³-hybridized carbons (Fsp3) is 0.469. The third kappa shape index (κ3) is 10.2. The smallest absolute Gasteiger partial charge is 0.240 e. The van der Waals surface area contributed by atoms with Gasteiger partial charge in [0.1, 0.15) is 0 Å². The molecule has 39 heavy (non-hydrogen) atoms. The maximum absolute atomic E-state index is 13.5. The molecule has 0 spiro atoms. The lowest BCUT2D eigenvalue weighted by atomic mass is 9.95. The summed E-state index contributed by atoms with van der Waals surface area (Å²) in [6, 6.07) is 20.6. The van der Waals surface area contributed by atoms with Gasteiger partial charge in [-0.25, -0.2) is 0 Å². The molecule has 208 valence electrons. The summed E-state index contributed by atoms with van der Waals surface area (Å²) in [5.41, 5.74) is 4.16. The molecule has 0 unspecified atom stereocenters. The van der Waals surface area contributed by atoms with Gasteiger partial charge in [-0.15, -0.1) is 0 Å². The SMILES string of the molecule is C[C@H](NCc1ccccn1)C(=O)N(Cc1ccc(CNCCCNC2CCCCC2)cc1)Cc1ccccn1. The van der Waals surface area contributed by atoms with E-state index in [1.165, 1.54) is 37.7 Å². The van der Waals surface area contributed by atoms with Gasteiger partial charge in [-0.05, 0) is 74.7 Å². The van der Waals surface area contributed by atoms with Crippen LogP contribution in [-0.4, -0.2) is 45.9 Å². The molecule has 7 nitrogen and oxygen atoms in total. The van der Waals surface area contributed by atoms with E-state index >= 15 is 0 Å². The Kier molecular flexibility index (Phi) is 11.9. The van der Waals surface area contributed by atoms with Crippen molar-refractivity contribution in [3.63, 3.8) is 0 Å². The zero-order chi connectivity index (χ0) is 27.1. The molecular formula is C32H44N6O. The largest absolute Gasteiger partial charge is 0.331 e. The Balaban J connectivity index is 1.25. The number of carbonyl (C=O) groups excluding carboxylic acids is 1. The first-order valence-electron chi connectivity index (χ1n) is 14.5. The Labute approximate surface area is 233 Å². The number of hydrogen-bond acceptors (Lipinski definition) is 6. The van der Waals surface area contributed by atoms with Gasteiger partial charge in [0.25, 0.3) is 0 Å². The first kappa shape index (κ1) is 28.9. The molecule has 0 bridgehead atoms. The van der Waals surface area contributed by atoms with Gasteiger partial charge in [-0.1, -0.05) is 55.7 Å². The van der Waals surface area contributed by atoms with Gasteiger partial charge in [0.05, 0.1) is 24.0 Å². The molecule has 1 fully saturated rings. The highest BCUT2D eigenvalue weighted by molar-refractivity contribution is 5.81. The first-order valence-corrected chi connectivity index (χ1v) is 14.5. The van der Waals surface area contributed by atoms with Gasteiger partial charge >= 0.3 is 0 Å². The van der Waals surface area contributed by atoms with Crippen molar-refractivity contribution in [1.82, 2.24) is 30.8 Å². The maximum Gasteiger partial charge on any atom is 0.240 e. The lowest BCUT2D eigenvalue weighted by Crippen LogP contribution is -2.44. The molecule has 3 N–H and O–H groups in total. The quantitative estimate of drug-likeness (QED) is 0.251. The standard InChI is InChI=1S/C32H44N6O/c1-26(37-23-30-12-5-7-19-35-30)32(39)38(25-31-13-6-8-20-36-31)24-28-16-14-27(15-17-28)22-33-18-9-21-34-29-10-3-2-4-11-29/h5-8,12-17,19-20,26,29,33-34,37H,2-4,9-11,18,21-25H2,1H3/t26-/m0/s1. The van der Waals surface area contributed by atoms with E-state index in [1.807, 2.05) is 48.2 Å². The Bertz CT molecular complexity index is 1090. The van der Waals surface area contributed by atoms with Crippen LogP contribution < -0.4 is 16.0 Å². The van der Waals surface area contributed by atoms with E-state index in [-0.39, 0.29) is 11.9 Å². The molecule has 1 atom stereocenters. The van der Waals surface area contributed by atoms with Gasteiger partial charge < -0.3 is 20.9 Å². The second-order valence-corrected chi connectivity index (χ2v) is 10.6. The number of aromatic nitrogens is 2. The van der Waals surface area contributed by atoms with Crippen LogP contribution in [0.2, 0.25) is 0 Å². The highest BCUT2D eigenvalue weighted by Crippen LogP contribution is 2.17. The van der Waals surface area contributed by atoms with Crippen LogP contribution in [0.25, 0.3) is 0 Å². The predicted octanol–water partition coefficient (Wildman–Crippen LogP) is 4.59. The Morgan fingerprint density at radius 2 is 1.54 bits per heavy atom. The molecule has 0 aliphatic heterocycles. The molecule has 1 aliphatic rings. The summed E-state index contributed by atoms with van der Waals surface area (Å²) in [5.74, 6) is 0.0455. The molecule has 3 aromatic rings. The van der Waals surface area contributed by atoms with Gasteiger partial charge in [0.15, 0.2) is 0 Å². The highest BCUT2D eigenvalue weighted by atomic mass is 16.2. The summed E-state index contributed by atoms with van der Waals surface area (Å²) in [6.45, 7) is 6.41. The normalized spacial score (nSPS) is 14.7. The average molecular weight is 529 g/mol. The van der Waals surface area contributed by atoms with Crippen LogP contribution in [-0.2, 0) is 31.0 Å². The van der Waals surface area contributed by atoms with E-state index in [1.54, 1.807) is 12.4 Å². The van der Waals surface area contributed by atoms with E-state index < -0.39 is 0 Å². The number of pyridine rings is 2. The molecular weight excluding hydrogens is 484 g/mol. The van der Waals surface area contributed by atoms with Gasteiger partial charge in [-0.2, -0.15) is 0 Å². The molecule has 7 heteroatoms. The van der Waals surface area contributed by atoms with E-state index in [0.717, 1.165) is 49.0 Å². The maximum atomic E-state index is 13.5. The lowest BCUT2D eigenvalue weighted by Gasteiger charge is -2.26. The summed E-state index contributed by atoms with van der Waals surface area (Å²) < 4.78 is 0. The van der Waals surface area contributed by atoms with Crippen molar-refractivity contribution in [1.29, 1.82) is 0 Å². The number of carbonyl (C=O) groups is 1. The number of hydrogen-bond donors (Lipinski definition) is 3. The average Bonchev–Trinajstić information content (AvgIpc) is 2.99. The van der Waals surface area contributed by atoms with E-state index in [9.17, 15) is 4.79 Å². The topological polar surface area (TPSA) is 82.2 Å². The Morgan fingerprint density at radius 1 is 0.846 bits per heavy atom. The summed E-state index contributed by atoms with van der Waals surface area (Å²) >= 11 is 0. The monoisotopic (exact) mass is 528 g/mol. The summed E-state index contributed by atoms with van der Waals surface area (Å²) in [4.78, 5) is 24.2. The van der Waals surface area contributed by atoms with Crippen molar-refractivity contribution in [2.45, 2.75) is 83.7 Å². The second-order valence-electron chi connectivity index (χ2n) is 10.6. The zero-order valence-electron chi connectivity index (χ0n) is 23.3. The molecule has 1 aromatic carbocycles. The van der Waals surface area contributed by atoms with Crippen LogP contribution in [0.15, 0.2) is 73.1 Å². The predicted molar refractivity (Wildman–Crippen MR) is 157 cm³/mol. The molecule has 0 radical (unpaired) electrons. The van der Waals surface area contributed by atoms with Crippen LogP contribution in [0, 0.1) is 0 Å². The third-order valence-corrected chi connectivity index (χ3v) is 7.37. The van der Waals surface area contributed by atoms with Crippen LogP contribution in [0.3, 0.4) is 0 Å². The number of benzene rings is 1. The van der Waals surface area contributed by atoms with E-state index in [4.69, 9.17) is 0 Å². The first-order chi connectivity index (χ1) is 19.2. The number of amides is 1. The van der Waals surface area contributed by atoms with Gasteiger partial charge in [-0.3, -0.25) is 14.8 Å². The van der Waals surface area contributed by atoms with Crippen LogP contribution in [0.5, 0.6) is 0 Å². The van der Waals surface area contributed by atoms with Crippen molar-refractivity contribution in [3.05, 3.63) is 95.6 Å².